The lowest BCUT2D eigenvalue weighted by Crippen LogP contribution is -2.11. The van der Waals surface area contributed by atoms with Gasteiger partial charge in [0.05, 0.1) is 29.3 Å². The van der Waals surface area contributed by atoms with E-state index in [1.165, 1.54) is 0 Å². The third kappa shape index (κ3) is 2.27. The van der Waals surface area contributed by atoms with Crippen molar-refractivity contribution < 1.29 is 4.74 Å². The van der Waals surface area contributed by atoms with Crippen LogP contribution >= 0.6 is 15.9 Å². The van der Waals surface area contributed by atoms with Gasteiger partial charge in [0.15, 0.2) is 0 Å². The van der Waals surface area contributed by atoms with Crippen LogP contribution in [0.1, 0.15) is 6.92 Å². The van der Waals surface area contributed by atoms with E-state index < -0.39 is 0 Å². The van der Waals surface area contributed by atoms with E-state index in [-0.39, 0.29) is 6.04 Å². The maximum atomic E-state index is 8.41. The summed E-state index contributed by atoms with van der Waals surface area (Å²) >= 11 is 3.51. The van der Waals surface area contributed by atoms with Crippen molar-refractivity contribution in [3.8, 4) is 5.75 Å². The van der Waals surface area contributed by atoms with Crippen LogP contribution in [0, 0.1) is 0 Å². The molecule has 1 atom stereocenters. The Labute approximate surface area is 112 Å². The number of nitrogens with zero attached hydrogens (tertiary/aromatic N) is 5. The van der Waals surface area contributed by atoms with Gasteiger partial charge >= 0.3 is 0 Å². The highest BCUT2D eigenvalue weighted by atomic mass is 79.9. The summed E-state index contributed by atoms with van der Waals surface area (Å²) in [5.41, 5.74) is 9.35. The predicted molar refractivity (Wildman–Crippen MR) is 72.6 cm³/mol. The maximum absolute atomic E-state index is 8.41. The standard InChI is InChI=1S/C11H12BrN5O/c1-7(15-16-13)6-17-11-8(5-14-17)3-4-9(18-2)10(11)12/h3-5,7H,6H2,1-2H3/t7-/m0/s1. The third-order valence-electron chi connectivity index (χ3n) is 2.61. The van der Waals surface area contributed by atoms with E-state index in [4.69, 9.17) is 10.3 Å². The Morgan fingerprint density at radius 1 is 1.61 bits per heavy atom. The van der Waals surface area contributed by atoms with Gasteiger partial charge in [-0.05, 0) is 33.6 Å². The Morgan fingerprint density at radius 3 is 3.06 bits per heavy atom. The lowest BCUT2D eigenvalue weighted by molar-refractivity contribution is 0.412. The van der Waals surface area contributed by atoms with Crippen molar-refractivity contribution >= 4 is 26.8 Å². The third-order valence-corrected chi connectivity index (χ3v) is 3.38. The summed E-state index contributed by atoms with van der Waals surface area (Å²) in [6.07, 6.45) is 1.78. The second-order valence-electron chi connectivity index (χ2n) is 3.90. The Bertz CT molecular complexity index is 617. The van der Waals surface area contributed by atoms with Crippen molar-refractivity contribution in [1.29, 1.82) is 0 Å². The molecule has 0 amide bonds. The van der Waals surface area contributed by atoms with Crippen LogP contribution in [0.25, 0.3) is 21.3 Å². The normalized spacial score (nSPS) is 12.2. The van der Waals surface area contributed by atoms with Crippen LogP contribution in [0.2, 0.25) is 0 Å². The van der Waals surface area contributed by atoms with Crippen molar-refractivity contribution in [2.75, 3.05) is 7.11 Å². The topological polar surface area (TPSA) is 75.8 Å². The van der Waals surface area contributed by atoms with Gasteiger partial charge in [-0.15, -0.1) is 0 Å². The van der Waals surface area contributed by atoms with Gasteiger partial charge in [-0.25, -0.2) is 0 Å². The van der Waals surface area contributed by atoms with E-state index in [2.05, 4.69) is 31.1 Å². The Balaban J connectivity index is 2.48. The summed E-state index contributed by atoms with van der Waals surface area (Å²) in [5, 5.41) is 8.96. The molecule has 94 valence electrons. The SMILES string of the molecule is COc1ccc2cnn(C[C@H](C)N=[N+]=[N-])c2c1Br. The van der Waals surface area contributed by atoms with Crippen molar-refractivity contribution in [3.63, 3.8) is 0 Å². The minimum absolute atomic E-state index is 0.156. The summed E-state index contributed by atoms with van der Waals surface area (Å²) < 4.78 is 7.92. The maximum Gasteiger partial charge on any atom is 0.135 e. The van der Waals surface area contributed by atoms with Gasteiger partial charge in [-0.2, -0.15) is 5.10 Å². The monoisotopic (exact) mass is 309 g/mol. The number of ether oxygens (including phenoxy) is 1. The van der Waals surface area contributed by atoms with Crippen molar-refractivity contribution in [1.82, 2.24) is 9.78 Å². The van der Waals surface area contributed by atoms with E-state index in [1.54, 1.807) is 18.0 Å². The number of hydrogen-bond acceptors (Lipinski definition) is 3. The number of methoxy groups -OCH3 is 1. The minimum atomic E-state index is -0.156. The molecular formula is C11H12BrN5O. The van der Waals surface area contributed by atoms with Crippen LogP contribution in [-0.2, 0) is 6.54 Å². The fraction of sp³-hybridized carbons (Fsp3) is 0.364. The highest BCUT2D eigenvalue weighted by Gasteiger charge is 2.12. The fourth-order valence-electron chi connectivity index (χ4n) is 1.79. The Kier molecular flexibility index (Phi) is 3.74. The van der Waals surface area contributed by atoms with Crippen LogP contribution in [-0.4, -0.2) is 22.9 Å². The molecule has 1 heterocycles. The summed E-state index contributed by atoms with van der Waals surface area (Å²) in [5.74, 6) is 0.751. The molecule has 0 spiro atoms. The van der Waals surface area contributed by atoms with Gasteiger partial charge in [0.2, 0.25) is 0 Å². The molecule has 0 aliphatic rings. The molecule has 0 aliphatic heterocycles. The average Bonchev–Trinajstić information content (AvgIpc) is 2.74. The molecule has 18 heavy (non-hydrogen) atoms. The van der Waals surface area contributed by atoms with E-state index in [9.17, 15) is 0 Å². The zero-order valence-corrected chi connectivity index (χ0v) is 11.6. The number of halogens is 1. The molecule has 0 bridgehead atoms. The number of azide groups is 1. The molecule has 0 fully saturated rings. The van der Waals surface area contributed by atoms with E-state index >= 15 is 0 Å². The lowest BCUT2D eigenvalue weighted by Gasteiger charge is -2.09. The van der Waals surface area contributed by atoms with Gasteiger partial charge in [0.25, 0.3) is 0 Å². The first-order valence-corrected chi connectivity index (χ1v) is 6.19. The highest BCUT2D eigenvalue weighted by molar-refractivity contribution is 9.10. The second-order valence-corrected chi connectivity index (χ2v) is 4.69. The summed E-state index contributed by atoms with van der Waals surface area (Å²) in [6.45, 7) is 2.38. The highest BCUT2D eigenvalue weighted by Crippen LogP contribution is 2.32. The van der Waals surface area contributed by atoms with Crippen LogP contribution in [0.15, 0.2) is 27.9 Å². The summed E-state index contributed by atoms with van der Waals surface area (Å²) in [4.78, 5) is 2.80. The van der Waals surface area contributed by atoms with Crippen LogP contribution < -0.4 is 4.74 Å². The molecule has 1 aromatic heterocycles. The molecule has 2 rings (SSSR count). The fourth-order valence-corrected chi connectivity index (χ4v) is 2.52. The molecule has 6 nitrogen and oxygen atoms in total. The molecule has 0 aliphatic carbocycles. The van der Waals surface area contributed by atoms with E-state index in [1.807, 2.05) is 19.1 Å². The van der Waals surface area contributed by atoms with Crippen molar-refractivity contribution in [2.45, 2.75) is 19.5 Å². The predicted octanol–water partition coefficient (Wildman–Crippen LogP) is 3.51. The van der Waals surface area contributed by atoms with Crippen molar-refractivity contribution in [3.05, 3.63) is 33.2 Å². The Morgan fingerprint density at radius 2 is 2.39 bits per heavy atom. The number of fused-ring (bicyclic) bond motifs is 1. The molecule has 0 radical (unpaired) electrons. The number of aromatic nitrogens is 2. The quantitative estimate of drug-likeness (QED) is 0.492. The summed E-state index contributed by atoms with van der Waals surface area (Å²) in [6, 6.07) is 3.67. The molecule has 0 saturated carbocycles. The number of rotatable bonds is 4. The number of hydrogen-bond donors (Lipinski definition) is 0. The molecule has 0 N–H and O–H groups in total. The second kappa shape index (κ2) is 5.29. The first-order chi connectivity index (χ1) is 8.67. The molecule has 0 unspecified atom stereocenters. The smallest absolute Gasteiger partial charge is 0.135 e. The number of benzene rings is 1. The minimum Gasteiger partial charge on any atom is -0.495 e. The molecule has 2 aromatic rings. The molecule has 7 heteroatoms. The first kappa shape index (κ1) is 12.7. The van der Waals surface area contributed by atoms with Gasteiger partial charge in [0.1, 0.15) is 5.75 Å². The van der Waals surface area contributed by atoms with Gasteiger partial charge < -0.3 is 4.74 Å². The average molecular weight is 310 g/mol. The van der Waals surface area contributed by atoms with E-state index in [0.717, 1.165) is 21.1 Å². The van der Waals surface area contributed by atoms with E-state index in [0.29, 0.717) is 6.54 Å². The van der Waals surface area contributed by atoms with Gasteiger partial charge in [-0.3, -0.25) is 4.68 Å². The largest absolute Gasteiger partial charge is 0.495 e. The Hall–Kier alpha value is -1.72. The molecule has 0 saturated heterocycles. The van der Waals surface area contributed by atoms with Gasteiger partial charge in [-0.1, -0.05) is 12.0 Å². The molecular weight excluding hydrogens is 298 g/mol. The summed E-state index contributed by atoms with van der Waals surface area (Å²) in [7, 11) is 1.62. The first-order valence-electron chi connectivity index (χ1n) is 5.39. The van der Waals surface area contributed by atoms with Crippen LogP contribution in [0.5, 0.6) is 5.75 Å². The van der Waals surface area contributed by atoms with Crippen LogP contribution in [0.3, 0.4) is 0 Å². The van der Waals surface area contributed by atoms with Crippen LogP contribution in [0.4, 0.5) is 0 Å². The zero-order chi connectivity index (χ0) is 13.1. The van der Waals surface area contributed by atoms with Gasteiger partial charge in [0, 0.05) is 16.8 Å². The molecule has 1 aromatic carbocycles. The van der Waals surface area contributed by atoms with Crippen molar-refractivity contribution in [2.24, 2.45) is 5.11 Å². The zero-order valence-electron chi connectivity index (χ0n) is 10.0. The lowest BCUT2D eigenvalue weighted by atomic mass is 10.2.